The van der Waals surface area contributed by atoms with E-state index in [1.807, 2.05) is 0 Å². The van der Waals surface area contributed by atoms with Crippen LogP contribution in [0.15, 0.2) is 24.3 Å². The average Bonchev–Trinajstić information content (AvgIpc) is 2.84. The second-order valence-electron chi connectivity index (χ2n) is 7.62. The highest BCUT2D eigenvalue weighted by Crippen LogP contribution is 2.53. The summed E-state index contributed by atoms with van der Waals surface area (Å²) in [5.41, 5.74) is -5.86. The molecule has 142 valence electrons. The number of rotatable bonds is 1. The van der Waals surface area contributed by atoms with Crippen molar-refractivity contribution in [2.75, 3.05) is 13.2 Å². The number of hydrogen-bond donors (Lipinski definition) is 0. The van der Waals surface area contributed by atoms with Crippen LogP contribution in [-0.4, -0.2) is 47.6 Å². The fraction of sp³-hybridized carbons (Fsp3) is 0.556. The molecule has 0 aromatic heterocycles. The normalized spacial score (nSPS) is 31.7. The number of alkyl halides is 2. The van der Waals surface area contributed by atoms with Crippen LogP contribution < -0.4 is 0 Å². The number of carbonyl (C=O) groups is 2. The molecule has 1 aromatic carbocycles. The molecule has 0 radical (unpaired) electrons. The number of carbonyl (C=O) groups excluding carboxylic acids is 2. The lowest BCUT2D eigenvalue weighted by molar-refractivity contribution is -0.161. The lowest BCUT2D eigenvalue weighted by Gasteiger charge is -2.49. The Morgan fingerprint density at radius 1 is 1.31 bits per heavy atom. The zero-order chi connectivity index (χ0) is 19.3. The molecule has 2 heterocycles. The molecule has 2 amide bonds. The van der Waals surface area contributed by atoms with E-state index in [1.165, 1.54) is 18.2 Å². The van der Waals surface area contributed by atoms with Crippen molar-refractivity contribution in [3.05, 3.63) is 35.6 Å². The average molecular weight is 371 g/mol. The summed E-state index contributed by atoms with van der Waals surface area (Å²) in [6.07, 6.45) is -4.31. The lowest BCUT2D eigenvalue weighted by atomic mass is 9.71. The molecule has 2 aliphatic heterocycles. The fourth-order valence-electron chi connectivity index (χ4n) is 3.59. The molecule has 0 N–H and O–H groups in total. The number of amides is 2. The van der Waals surface area contributed by atoms with Gasteiger partial charge in [-0.05, 0) is 26.8 Å². The second-order valence-corrected chi connectivity index (χ2v) is 7.62. The van der Waals surface area contributed by atoms with Crippen LogP contribution in [-0.2, 0) is 19.8 Å². The summed E-state index contributed by atoms with van der Waals surface area (Å²) in [5, 5.41) is 0. The van der Waals surface area contributed by atoms with Crippen LogP contribution in [0.1, 0.15) is 32.8 Å². The van der Waals surface area contributed by atoms with Crippen molar-refractivity contribution < 1.29 is 32.2 Å². The summed E-state index contributed by atoms with van der Waals surface area (Å²) >= 11 is 0. The standard InChI is InChI=1S/C18H20F3NO4/c1-16(2,3)26-15(24)22-14(23)13(20)8-17(21)9-25-10-18(17,22)11-6-4-5-7-12(11)19/h4-7,13H,8-10H2,1-3H3/t13?,17-,18+/m0/s1. The molecule has 0 aliphatic carbocycles. The summed E-state index contributed by atoms with van der Waals surface area (Å²) < 4.78 is 55.1. The van der Waals surface area contributed by atoms with E-state index in [4.69, 9.17) is 9.47 Å². The maximum Gasteiger partial charge on any atom is 0.418 e. The molecule has 1 aromatic rings. The van der Waals surface area contributed by atoms with Crippen LogP contribution in [0.25, 0.3) is 0 Å². The number of imide groups is 1. The minimum absolute atomic E-state index is 0.244. The molecule has 5 nitrogen and oxygen atoms in total. The van der Waals surface area contributed by atoms with Gasteiger partial charge in [0.2, 0.25) is 0 Å². The smallest absolute Gasteiger partial charge is 0.418 e. The lowest BCUT2D eigenvalue weighted by Crippen LogP contribution is -2.69. The Balaban J connectivity index is 2.21. The summed E-state index contributed by atoms with van der Waals surface area (Å²) in [6.45, 7) is 3.61. The Morgan fingerprint density at radius 3 is 2.58 bits per heavy atom. The number of fused-ring (bicyclic) bond motifs is 1. The molecular weight excluding hydrogens is 351 g/mol. The molecule has 8 heteroatoms. The number of likely N-dealkylation sites (tertiary alicyclic amines) is 1. The van der Waals surface area contributed by atoms with Crippen molar-refractivity contribution in [1.29, 1.82) is 0 Å². The van der Waals surface area contributed by atoms with Gasteiger partial charge in [-0.2, -0.15) is 0 Å². The Hall–Kier alpha value is -2.09. The van der Waals surface area contributed by atoms with Gasteiger partial charge >= 0.3 is 6.09 Å². The van der Waals surface area contributed by atoms with Gasteiger partial charge in [0.15, 0.2) is 11.8 Å². The fourth-order valence-corrected chi connectivity index (χ4v) is 3.59. The molecule has 0 spiro atoms. The minimum Gasteiger partial charge on any atom is -0.443 e. The Bertz CT molecular complexity index is 750. The molecule has 26 heavy (non-hydrogen) atoms. The van der Waals surface area contributed by atoms with Crippen LogP contribution >= 0.6 is 0 Å². The van der Waals surface area contributed by atoms with Gasteiger partial charge < -0.3 is 9.47 Å². The number of piperidine rings is 1. The maximum absolute atomic E-state index is 15.8. The third-order valence-corrected chi connectivity index (χ3v) is 4.65. The van der Waals surface area contributed by atoms with Crippen LogP contribution in [0.2, 0.25) is 0 Å². The van der Waals surface area contributed by atoms with E-state index in [-0.39, 0.29) is 5.56 Å². The van der Waals surface area contributed by atoms with E-state index in [9.17, 15) is 18.4 Å². The number of ether oxygens (including phenoxy) is 2. The largest absolute Gasteiger partial charge is 0.443 e. The summed E-state index contributed by atoms with van der Waals surface area (Å²) in [4.78, 5) is 25.6. The van der Waals surface area contributed by atoms with E-state index in [2.05, 4.69) is 0 Å². The zero-order valence-electron chi connectivity index (χ0n) is 14.7. The third kappa shape index (κ3) is 2.67. The van der Waals surface area contributed by atoms with Crippen molar-refractivity contribution in [2.45, 2.75) is 50.2 Å². The van der Waals surface area contributed by atoms with Crippen molar-refractivity contribution in [1.82, 2.24) is 4.90 Å². The van der Waals surface area contributed by atoms with Crippen molar-refractivity contribution >= 4 is 12.0 Å². The van der Waals surface area contributed by atoms with E-state index < -0.39 is 60.4 Å². The minimum atomic E-state index is -2.47. The topological polar surface area (TPSA) is 55.8 Å². The quantitative estimate of drug-likeness (QED) is 0.760. The number of halogens is 3. The summed E-state index contributed by atoms with van der Waals surface area (Å²) in [6, 6.07) is 5.19. The van der Waals surface area contributed by atoms with Crippen LogP contribution in [0.4, 0.5) is 18.0 Å². The van der Waals surface area contributed by atoms with Gasteiger partial charge in [0.25, 0.3) is 5.91 Å². The predicted molar refractivity (Wildman–Crippen MR) is 85.3 cm³/mol. The van der Waals surface area contributed by atoms with E-state index in [0.29, 0.717) is 4.90 Å². The van der Waals surface area contributed by atoms with Crippen molar-refractivity contribution in [2.24, 2.45) is 0 Å². The van der Waals surface area contributed by atoms with Gasteiger partial charge in [-0.15, -0.1) is 0 Å². The number of hydrogen-bond acceptors (Lipinski definition) is 4. The SMILES string of the molecule is CC(C)(C)OC(=O)N1C(=O)C(F)C[C@]2(F)COC[C@]12c1ccccc1F. The van der Waals surface area contributed by atoms with Gasteiger partial charge in [-0.3, -0.25) is 4.79 Å². The monoisotopic (exact) mass is 371 g/mol. The molecule has 3 atom stereocenters. The highest BCUT2D eigenvalue weighted by atomic mass is 19.2. The molecule has 2 aliphatic rings. The Morgan fingerprint density at radius 2 is 1.96 bits per heavy atom. The third-order valence-electron chi connectivity index (χ3n) is 4.65. The van der Waals surface area contributed by atoms with Crippen LogP contribution in [0.3, 0.4) is 0 Å². The predicted octanol–water partition coefficient (Wildman–Crippen LogP) is 3.27. The highest BCUT2D eigenvalue weighted by molar-refractivity contribution is 5.97. The van der Waals surface area contributed by atoms with Gasteiger partial charge in [-0.1, -0.05) is 18.2 Å². The Kier molecular flexibility index (Phi) is 4.29. The van der Waals surface area contributed by atoms with Crippen LogP contribution in [0.5, 0.6) is 0 Å². The molecule has 2 fully saturated rings. The van der Waals surface area contributed by atoms with Crippen LogP contribution in [0, 0.1) is 5.82 Å². The van der Waals surface area contributed by atoms with Crippen molar-refractivity contribution in [3.63, 3.8) is 0 Å². The first-order valence-electron chi connectivity index (χ1n) is 8.25. The van der Waals surface area contributed by atoms with Gasteiger partial charge in [0.05, 0.1) is 13.2 Å². The van der Waals surface area contributed by atoms with E-state index in [0.717, 1.165) is 6.07 Å². The zero-order valence-corrected chi connectivity index (χ0v) is 14.7. The highest BCUT2D eigenvalue weighted by Gasteiger charge is 2.70. The van der Waals surface area contributed by atoms with Crippen molar-refractivity contribution in [3.8, 4) is 0 Å². The van der Waals surface area contributed by atoms with E-state index in [1.54, 1.807) is 20.8 Å². The first-order valence-corrected chi connectivity index (χ1v) is 8.25. The molecule has 0 saturated carbocycles. The summed E-state index contributed by atoms with van der Waals surface area (Å²) in [5.74, 6) is -2.08. The van der Waals surface area contributed by atoms with E-state index >= 15 is 4.39 Å². The second kappa shape index (κ2) is 5.97. The summed E-state index contributed by atoms with van der Waals surface area (Å²) in [7, 11) is 0. The molecule has 0 bridgehead atoms. The Labute approximate surface area is 149 Å². The number of benzene rings is 1. The molecule has 1 unspecified atom stereocenters. The molecular formula is C18H20F3NO4. The van der Waals surface area contributed by atoms with Gasteiger partial charge in [-0.25, -0.2) is 22.9 Å². The van der Waals surface area contributed by atoms with Gasteiger partial charge in [0, 0.05) is 12.0 Å². The van der Waals surface area contributed by atoms with Gasteiger partial charge in [0.1, 0.15) is 17.0 Å². The molecule has 3 rings (SSSR count). The maximum atomic E-state index is 15.8. The first-order chi connectivity index (χ1) is 12.0. The molecule has 2 saturated heterocycles. The first kappa shape index (κ1) is 18.7. The number of nitrogens with zero attached hydrogens (tertiary/aromatic N) is 1.